The molecule has 0 amide bonds. The van der Waals surface area contributed by atoms with Crippen LogP contribution in [0, 0.1) is 0 Å². The Morgan fingerprint density at radius 1 is 1.00 bits per heavy atom. The standard InChI is InChI=1S/C12H10Br2O2/c1-15-10-5-3-4-7-8(10)6-9(13)11(14)12(7)16-2/h3-6H,1-2H3. The van der Waals surface area contributed by atoms with Crippen molar-refractivity contribution < 1.29 is 9.47 Å². The van der Waals surface area contributed by atoms with Crippen molar-refractivity contribution in [3.63, 3.8) is 0 Å². The van der Waals surface area contributed by atoms with Gasteiger partial charge in [-0.05, 0) is 44.0 Å². The van der Waals surface area contributed by atoms with Gasteiger partial charge in [0.25, 0.3) is 0 Å². The highest BCUT2D eigenvalue weighted by Gasteiger charge is 2.12. The van der Waals surface area contributed by atoms with E-state index in [2.05, 4.69) is 31.9 Å². The Morgan fingerprint density at radius 2 is 1.75 bits per heavy atom. The Kier molecular flexibility index (Phi) is 3.40. The van der Waals surface area contributed by atoms with E-state index >= 15 is 0 Å². The van der Waals surface area contributed by atoms with E-state index in [-0.39, 0.29) is 0 Å². The van der Waals surface area contributed by atoms with Crippen LogP contribution in [0.15, 0.2) is 33.2 Å². The van der Waals surface area contributed by atoms with Gasteiger partial charge in [0.2, 0.25) is 0 Å². The molecule has 2 nitrogen and oxygen atoms in total. The first-order chi connectivity index (χ1) is 7.69. The summed E-state index contributed by atoms with van der Waals surface area (Å²) >= 11 is 6.98. The van der Waals surface area contributed by atoms with Crippen molar-refractivity contribution >= 4 is 42.6 Å². The second-order valence-corrected chi connectivity index (χ2v) is 4.91. The van der Waals surface area contributed by atoms with Crippen molar-refractivity contribution in [3.8, 4) is 11.5 Å². The van der Waals surface area contributed by atoms with Gasteiger partial charge in [0.15, 0.2) is 0 Å². The topological polar surface area (TPSA) is 18.5 Å². The van der Waals surface area contributed by atoms with Crippen LogP contribution < -0.4 is 9.47 Å². The third-order valence-corrected chi connectivity index (χ3v) is 4.36. The molecule has 0 saturated carbocycles. The Balaban J connectivity index is 2.89. The zero-order chi connectivity index (χ0) is 11.7. The molecule has 2 aromatic rings. The molecule has 0 aliphatic rings. The van der Waals surface area contributed by atoms with Gasteiger partial charge in [-0.1, -0.05) is 12.1 Å². The monoisotopic (exact) mass is 344 g/mol. The van der Waals surface area contributed by atoms with Crippen LogP contribution in [0.25, 0.3) is 10.8 Å². The average Bonchev–Trinajstić information content (AvgIpc) is 2.30. The van der Waals surface area contributed by atoms with Crippen molar-refractivity contribution in [1.82, 2.24) is 0 Å². The molecule has 0 atom stereocenters. The first-order valence-corrected chi connectivity index (χ1v) is 6.26. The Bertz CT molecular complexity index is 538. The predicted octanol–water partition coefficient (Wildman–Crippen LogP) is 4.38. The molecule has 84 valence electrons. The predicted molar refractivity (Wildman–Crippen MR) is 72.5 cm³/mol. The van der Waals surface area contributed by atoms with E-state index in [1.165, 1.54) is 0 Å². The van der Waals surface area contributed by atoms with E-state index in [4.69, 9.17) is 9.47 Å². The minimum absolute atomic E-state index is 0.809. The van der Waals surface area contributed by atoms with Gasteiger partial charge >= 0.3 is 0 Å². The Hall–Kier alpha value is -0.740. The molecule has 0 radical (unpaired) electrons. The average molecular weight is 346 g/mol. The molecule has 0 unspecified atom stereocenters. The van der Waals surface area contributed by atoms with E-state index in [0.717, 1.165) is 31.2 Å². The minimum Gasteiger partial charge on any atom is -0.496 e. The van der Waals surface area contributed by atoms with Crippen molar-refractivity contribution in [3.05, 3.63) is 33.2 Å². The van der Waals surface area contributed by atoms with E-state index in [0.29, 0.717) is 0 Å². The smallest absolute Gasteiger partial charge is 0.142 e. The molecule has 4 heteroatoms. The summed E-state index contributed by atoms with van der Waals surface area (Å²) in [6.07, 6.45) is 0. The quantitative estimate of drug-likeness (QED) is 0.804. The van der Waals surface area contributed by atoms with Crippen molar-refractivity contribution in [2.75, 3.05) is 14.2 Å². The van der Waals surface area contributed by atoms with Crippen LogP contribution in [0.1, 0.15) is 0 Å². The summed E-state index contributed by atoms with van der Waals surface area (Å²) in [6.45, 7) is 0. The van der Waals surface area contributed by atoms with Crippen molar-refractivity contribution in [1.29, 1.82) is 0 Å². The van der Waals surface area contributed by atoms with Gasteiger partial charge in [-0.3, -0.25) is 0 Å². The largest absolute Gasteiger partial charge is 0.496 e. The fraction of sp³-hybridized carbons (Fsp3) is 0.167. The van der Waals surface area contributed by atoms with Crippen molar-refractivity contribution in [2.45, 2.75) is 0 Å². The summed E-state index contributed by atoms with van der Waals surface area (Å²) in [5, 5.41) is 2.05. The minimum atomic E-state index is 0.809. The molecule has 0 aromatic heterocycles. The van der Waals surface area contributed by atoms with Gasteiger partial charge in [0.05, 0.1) is 18.7 Å². The molecule has 0 bridgehead atoms. The molecule has 0 spiro atoms. The Morgan fingerprint density at radius 3 is 2.38 bits per heavy atom. The molecule has 2 rings (SSSR count). The summed E-state index contributed by atoms with van der Waals surface area (Å²) in [5.41, 5.74) is 0. The van der Waals surface area contributed by atoms with Crippen LogP contribution in [0.2, 0.25) is 0 Å². The maximum atomic E-state index is 5.41. The zero-order valence-electron chi connectivity index (χ0n) is 8.88. The number of halogens is 2. The highest BCUT2D eigenvalue weighted by Crippen LogP contribution is 2.42. The lowest BCUT2D eigenvalue weighted by atomic mass is 10.1. The zero-order valence-corrected chi connectivity index (χ0v) is 12.1. The lowest BCUT2D eigenvalue weighted by molar-refractivity contribution is 0.413. The molecule has 0 saturated heterocycles. The summed E-state index contributed by atoms with van der Waals surface area (Å²) in [6, 6.07) is 7.90. The number of hydrogen-bond donors (Lipinski definition) is 0. The molecule has 16 heavy (non-hydrogen) atoms. The van der Waals surface area contributed by atoms with E-state index in [1.54, 1.807) is 14.2 Å². The lowest BCUT2D eigenvalue weighted by Crippen LogP contribution is -1.90. The third-order valence-electron chi connectivity index (χ3n) is 2.41. The summed E-state index contributed by atoms with van der Waals surface area (Å²) in [4.78, 5) is 0. The van der Waals surface area contributed by atoms with Gasteiger partial charge in [-0.15, -0.1) is 0 Å². The first kappa shape index (κ1) is 11.7. The molecule has 0 N–H and O–H groups in total. The highest BCUT2D eigenvalue weighted by molar-refractivity contribution is 9.13. The summed E-state index contributed by atoms with van der Waals surface area (Å²) < 4.78 is 12.6. The number of hydrogen-bond acceptors (Lipinski definition) is 2. The molecule has 0 aliphatic carbocycles. The van der Waals surface area contributed by atoms with Gasteiger partial charge in [-0.25, -0.2) is 0 Å². The van der Waals surface area contributed by atoms with Crippen LogP contribution in [0.3, 0.4) is 0 Å². The van der Waals surface area contributed by atoms with Crippen molar-refractivity contribution in [2.24, 2.45) is 0 Å². The summed E-state index contributed by atoms with van der Waals surface area (Å²) in [7, 11) is 3.32. The van der Waals surface area contributed by atoms with E-state index in [9.17, 15) is 0 Å². The van der Waals surface area contributed by atoms with Crippen LogP contribution >= 0.6 is 31.9 Å². The fourth-order valence-corrected chi connectivity index (χ4v) is 2.58. The number of benzene rings is 2. The molecule has 0 fully saturated rings. The molecule has 2 aromatic carbocycles. The number of rotatable bonds is 2. The number of ether oxygens (including phenoxy) is 2. The molecule has 0 aliphatic heterocycles. The summed E-state index contributed by atoms with van der Waals surface area (Å²) in [5.74, 6) is 1.65. The SMILES string of the molecule is COc1cccc2c(OC)c(Br)c(Br)cc12. The third kappa shape index (κ3) is 1.80. The Labute approximate surface area is 111 Å². The van der Waals surface area contributed by atoms with Gasteiger partial charge < -0.3 is 9.47 Å². The maximum Gasteiger partial charge on any atom is 0.142 e. The van der Waals surface area contributed by atoms with Gasteiger partial charge in [0.1, 0.15) is 11.5 Å². The second-order valence-electron chi connectivity index (χ2n) is 3.26. The lowest BCUT2D eigenvalue weighted by Gasteiger charge is -2.12. The normalized spacial score (nSPS) is 10.5. The molecular formula is C12H10Br2O2. The van der Waals surface area contributed by atoms with E-state index < -0.39 is 0 Å². The van der Waals surface area contributed by atoms with Gasteiger partial charge in [0, 0.05) is 15.2 Å². The highest BCUT2D eigenvalue weighted by atomic mass is 79.9. The second kappa shape index (κ2) is 4.63. The van der Waals surface area contributed by atoms with Crippen LogP contribution in [-0.4, -0.2) is 14.2 Å². The van der Waals surface area contributed by atoms with Crippen LogP contribution in [-0.2, 0) is 0 Å². The van der Waals surface area contributed by atoms with Gasteiger partial charge in [-0.2, -0.15) is 0 Å². The molecular weight excluding hydrogens is 336 g/mol. The maximum absolute atomic E-state index is 5.41. The van der Waals surface area contributed by atoms with Crippen LogP contribution in [0.5, 0.6) is 11.5 Å². The molecule has 0 heterocycles. The van der Waals surface area contributed by atoms with E-state index in [1.807, 2.05) is 24.3 Å². The van der Waals surface area contributed by atoms with Crippen LogP contribution in [0.4, 0.5) is 0 Å². The number of fused-ring (bicyclic) bond motifs is 1. The first-order valence-electron chi connectivity index (χ1n) is 4.67. The number of methoxy groups -OCH3 is 2. The fourth-order valence-electron chi connectivity index (χ4n) is 1.69.